The molecule has 5 heteroatoms. The number of benzene rings is 1. The number of imidazole rings is 1. The van der Waals surface area contributed by atoms with Gasteiger partial charge in [0, 0.05) is 44.1 Å². The van der Waals surface area contributed by atoms with Crippen LogP contribution in [-0.4, -0.2) is 36.4 Å². The number of nitrogens with zero attached hydrogens (tertiary/aromatic N) is 2. The summed E-state index contributed by atoms with van der Waals surface area (Å²) in [7, 11) is 1.71. The van der Waals surface area contributed by atoms with E-state index in [0.29, 0.717) is 12.5 Å². The van der Waals surface area contributed by atoms with E-state index in [1.165, 1.54) is 5.56 Å². The Balaban J connectivity index is 1.63. The maximum Gasteiger partial charge on any atom is 0.122 e. The second-order valence-electron chi connectivity index (χ2n) is 5.21. The van der Waals surface area contributed by atoms with Crippen LogP contribution in [0.1, 0.15) is 17.3 Å². The molecule has 112 valence electrons. The third-order valence-electron chi connectivity index (χ3n) is 3.78. The van der Waals surface area contributed by atoms with Gasteiger partial charge in [0.2, 0.25) is 0 Å². The Morgan fingerprint density at radius 1 is 1.43 bits per heavy atom. The van der Waals surface area contributed by atoms with Crippen molar-refractivity contribution in [2.75, 3.05) is 26.9 Å². The van der Waals surface area contributed by atoms with Crippen LogP contribution in [0, 0.1) is 0 Å². The summed E-state index contributed by atoms with van der Waals surface area (Å²) < 4.78 is 13.0. The Labute approximate surface area is 124 Å². The van der Waals surface area contributed by atoms with Crippen molar-refractivity contribution in [2.24, 2.45) is 0 Å². The molecule has 0 aliphatic carbocycles. The van der Waals surface area contributed by atoms with Gasteiger partial charge in [0.25, 0.3) is 0 Å². The zero-order valence-corrected chi connectivity index (χ0v) is 12.3. The number of methoxy groups -OCH3 is 1. The largest absolute Gasteiger partial charge is 0.493 e. The van der Waals surface area contributed by atoms with Crippen molar-refractivity contribution < 1.29 is 9.47 Å². The van der Waals surface area contributed by atoms with Crippen LogP contribution < -0.4 is 10.1 Å². The van der Waals surface area contributed by atoms with Crippen molar-refractivity contribution in [3.8, 4) is 5.75 Å². The molecule has 0 saturated heterocycles. The number of nitrogens with one attached hydrogen (secondary N) is 1. The van der Waals surface area contributed by atoms with Crippen molar-refractivity contribution in [2.45, 2.75) is 19.0 Å². The number of hydrogen-bond acceptors (Lipinski definition) is 4. The van der Waals surface area contributed by atoms with Gasteiger partial charge >= 0.3 is 0 Å². The van der Waals surface area contributed by atoms with Crippen LogP contribution in [0.4, 0.5) is 0 Å². The number of hydrogen-bond donors (Lipinski definition) is 1. The zero-order chi connectivity index (χ0) is 14.5. The van der Waals surface area contributed by atoms with E-state index in [-0.39, 0.29) is 0 Å². The van der Waals surface area contributed by atoms with Gasteiger partial charge in [-0.1, -0.05) is 18.2 Å². The SMILES string of the molecule is COCCNCc1nccn1CC1COc2ccccc21. The maximum absolute atomic E-state index is 5.75. The van der Waals surface area contributed by atoms with Crippen LogP contribution in [0.2, 0.25) is 0 Å². The molecule has 1 aromatic heterocycles. The van der Waals surface area contributed by atoms with Crippen LogP contribution in [0.15, 0.2) is 36.7 Å². The number of fused-ring (bicyclic) bond motifs is 1. The highest BCUT2D eigenvalue weighted by molar-refractivity contribution is 5.39. The third kappa shape index (κ3) is 3.25. The molecular formula is C16H21N3O2. The number of ether oxygens (including phenoxy) is 2. The monoisotopic (exact) mass is 287 g/mol. The minimum atomic E-state index is 0.396. The molecule has 0 fully saturated rings. The van der Waals surface area contributed by atoms with Crippen molar-refractivity contribution in [3.63, 3.8) is 0 Å². The first-order valence-electron chi connectivity index (χ1n) is 7.30. The topological polar surface area (TPSA) is 48.3 Å². The van der Waals surface area contributed by atoms with Gasteiger partial charge in [-0.25, -0.2) is 4.98 Å². The van der Waals surface area contributed by atoms with Crippen LogP contribution in [0.5, 0.6) is 5.75 Å². The summed E-state index contributed by atoms with van der Waals surface area (Å²) in [6.07, 6.45) is 3.89. The summed E-state index contributed by atoms with van der Waals surface area (Å²) in [5.41, 5.74) is 1.30. The van der Waals surface area contributed by atoms with E-state index < -0.39 is 0 Å². The fourth-order valence-electron chi connectivity index (χ4n) is 2.67. The van der Waals surface area contributed by atoms with Gasteiger partial charge in [-0.3, -0.25) is 0 Å². The van der Waals surface area contributed by atoms with Gasteiger partial charge in [-0.15, -0.1) is 0 Å². The summed E-state index contributed by atoms with van der Waals surface area (Å²) >= 11 is 0. The number of aromatic nitrogens is 2. The molecule has 2 heterocycles. The molecule has 1 aromatic carbocycles. The summed E-state index contributed by atoms with van der Waals surface area (Å²) in [5.74, 6) is 2.46. The van der Waals surface area contributed by atoms with Crippen molar-refractivity contribution >= 4 is 0 Å². The first-order valence-corrected chi connectivity index (χ1v) is 7.30. The molecule has 1 N–H and O–H groups in total. The van der Waals surface area contributed by atoms with Gasteiger partial charge in [0.05, 0.1) is 19.8 Å². The minimum Gasteiger partial charge on any atom is -0.493 e. The molecule has 1 unspecified atom stereocenters. The van der Waals surface area contributed by atoms with Crippen LogP contribution in [0.25, 0.3) is 0 Å². The first-order chi connectivity index (χ1) is 10.4. The molecule has 1 aliphatic heterocycles. The lowest BCUT2D eigenvalue weighted by Gasteiger charge is -2.13. The fourth-order valence-corrected chi connectivity index (χ4v) is 2.67. The zero-order valence-electron chi connectivity index (χ0n) is 12.3. The van der Waals surface area contributed by atoms with Crippen molar-refractivity contribution in [3.05, 3.63) is 48.0 Å². The fraction of sp³-hybridized carbons (Fsp3) is 0.438. The lowest BCUT2D eigenvalue weighted by atomic mass is 10.0. The predicted molar refractivity (Wildman–Crippen MR) is 80.5 cm³/mol. The summed E-state index contributed by atoms with van der Waals surface area (Å²) in [6, 6.07) is 8.28. The molecule has 0 amide bonds. The van der Waals surface area contributed by atoms with E-state index in [1.54, 1.807) is 7.11 Å². The molecule has 0 spiro atoms. The maximum atomic E-state index is 5.75. The molecule has 1 atom stereocenters. The third-order valence-corrected chi connectivity index (χ3v) is 3.78. The van der Waals surface area contributed by atoms with Gasteiger partial charge in [-0.2, -0.15) is 0 Å². The summed E-state index contributed by atoms with van der Waals surface area (Å²) in [6.45, 7) is 3.95. The van der Waals surface area contributed by atoms with Gasteiger partial charge in [0.15, 0.2) is 0 Å². The average Bonchev–Trinajstić information content (AvgIpc) is 3.12. The summed E-state index contributed by atoms with van der Waals surface area (Å²) in [5, 5.41) is 3.33. The Morgan fingerprint density at radius 3 is 3.24 bits per heavy atom. The van der Waals surface area contributed by atoms with Crippen LogP contribution in [-0.2, 0) is 17.8 Å². The molecule has 3 rings (SSSR count). The quantitative estimate of drug-likeness (QED) is 0.789. The smallest absolute Gasteiger partial charge is 0.122 e. The second-order valence-corrected chi connectivity index (χ2v) is 5.21. The highest BCUT2D eigenvalue weighted by Crippen LogP contribution is 2.34. The molecule has 1 aliphatic rings. The average molecular weight is 287 g/mol. The summed E-state index contributed by atoms with van der Waals surface area (Å²) in [4.78, 5) is 4.43. The molecule has 0 saturated carbocycles. The lowest BCUT2D eigenvalue weighted by molar-refractivity contribution is 0.198. The van der Waals surface area contributed by atoms with E-state index in [0.717, 1.165) is 37.8 Å². The Hall–Kier alpha value is -1.85. The molecule has 0 bridgehead atoms. The highest BCUT2D eigenvalue weighted by atomic mass is 16.5. The van der Waals surface area contributed by atoms with E-state index in [1.807, 2.05) is 24.5 Å². The minimum absolute atomic E-state index is 0.396. The first kappa shape index (κ1) is 14.1. The Kier molecular flexibility index (Phi) is 4.52. The van der Waals surface area contributed by atoms with E-state index in [2.05, 4.69) is 27.0 Å². The number of rotatable bonds is 7. The Bertz CT molecular complexity index is 582. The highest BCUT2D eigenvalue weighted by Gasteiger charge is 2.24. The van der Waals surface area contributed by atoms with E-state index in [4.69, 9.17) is 9.47 Å². The van der Waals surface area contributed by atoms with Gasteiger partial charge < -0.3 is 19.4 Å². The van der Waals surface area contributed by atoms with Crippen LogP contribution in [0.3, 0.4) is 0 Å². The molecular weight excluding hydrogens is 266 g/mol. The molecule has 5 nitrogen and oxygen atoms in total. The number of para-hydroxylation sites is 1. The predicted octanol–water partition coefficient (Wildman–Crippen LogP) is 1.80. The standard InChI is InChI=1S/C16H21N3O2/c1-20-9-7-17-10-16-18-6-8-19(16)11-13-12-21-15-5-3-2-4-14(13)15/h2-6,8,13,17H,7,9-12H2,1H3. The lowest BCUT2D eigenvalue weighted by Crippen LogP contribution is -2.22. The van der Waals surface area contributed by atoms with Crippen LogP contribution >= 0.6 is 0 Å². The van der Waals surface area contributed by atoms with Crippen molar-refractivity contribution in [1.29, 1.82) is 0 Å². The second kappa shape index (κ2) is 6.74. The van der Waals surface area contributed by atoms with Gasteiger partial charge in [-0.05, 0) is 6.07 Å². The van der Waals surface area contributed by atoms with Gasteiger partial charge in [0.1, 0.15) is 11.6 Å². The molecule has 2 aromatic rings. The normalized spacial score (nSPS) is 16.7. The molecule has 21 heavy (non-hydrogen) atoms. The van der Waals surface area contributed by atoms with Crippen molar-refractivity contribution in [1.82, 2.24) is 14.9 Å². The van der Waals surface area contributed by atoms with E-state index >= 15 is 0 Å². The van der Waals surface area contributed by atoms with E-state index in [9.17, 15) is 0 Å². The molecule has 0 radical (unpaired) electrons. The Morgan fingerprint density at radius 2 is 2.33 bits per heavy atom.